The lowest BCUT2D eigenvalue weighted by molar-refractivity contribution is 0.102. The summed E-state index contributed by atoms with van der Waals surface area (Å²) < 4.78 is 12.8. The Labute approximate surface area is 125 Å². The van der Waals surface area contributed by atoms with Crippen LogP contribution >= 0.6 is 11.3 Å². The van der Waals surface area contributed by atoms with Crippen molar-refractivity contribution in [3.63, 3.8) is 0 Å². The van der Waals surface area contributed by atoms with E-state index >= 15 is 0 Å². The highest BCUT2D eigenvalue weighted by molar-refractivity contribution is 7.13. The summed E-state index contributed by atoms with van der Waals surface area (Å²) in [6, 6.07) is 12.9. The second-order valence-corrected chi connectivity index (χ2v) is 5.27. The van der Waals surface area contributed by atoms with Crippen LogP contribution in [-0.2, 0) is 0 Å². The van der Waals surface area contributed by atoms with E-state index in [1.807, 2.05) is 23.6 Å². The molecule has 1 amide bonds. The van der Waals surface area contributed by atoms with Gasteiger partial charge in [-0.05, 0) is 36.4 Å². The molecule has 0 radical (unpaired) electrons. The van der Waals surface area contributed by atoms with Crippen molar-refractivity contribution in [1.29, 1.82) is 0 Å². The molecule has 0 bridgehead atoms. The number of amides is 1. The third-order valence-electron chi connectivity index (χ3n) is 2.91. The van der Waals surface area contributed by atoms with Crippen LogP contribution < -0.4 is 5.32 Å². The summed E-state index contributed by atoms with van der Waals surface area (Å²) in [4.78, 5) is 16.3. The van der Waals surface area contributed by atoms with Crippen LogP contribution in [0.1, 0.15) is 10.4 Å². The van der Waals surface area contributed by atoms with Gasteiger partial charge in [0.05, 0.1) is 0 Å². The number of thiazole rings is 1. The van der Waals surface area contributed by atoms with Gasteiger partial charge in [-0.15, -0.1) is 11.3 Å². The fraction of sp³-hybridized carbons (Fsp3) is 0. The molecule has 3 nitrogen and oxygen atoms in total. The zero-order chi connectivity index (χ0) is 14.7. The van der Waals surface area contributed by atoms with Crippen molar-refractivity contribution in [2.24, 2.45) is 0 Å². The van der Waals surface area contributed by atoms with Crippen molar-refractivity contribution in [1.82, 2.24) is 4.98 Å². The maximum atomic E-state index is 12.8. The van der Waals surface area contributed by atoms with Gasteiger partial charge >= 0.3 is 0 Å². The molecular formula is C16H11FN2OS. The highest BCUT2D eigenvalue weighted by Crippen LogP contribution is 2.24. The van der Waals surface area contributed by atoms with E-state index in [1.54, 1.807) is 12.3 Å². The van der Waals surface area contributed by atoms with Gasteiger partial charge in [0.2, 0.25) is 0 Å². The van der Waals surface area contributed by atoms with Crippen LogP contribution in [0.2, 0.25) is 0 Å². The molecule has 3 rings (SSSR count). The van der Waals surface area contributed by atoms with Crippen molar-refractivity contribution in [2.75, 3.05) is 5.32 Å². The van der Waals surface area contributed by atoms with Crippen molar-refractivity contribution in [2.45, 2.75) is 0 Å². The lowest BCUT2D eigenvalue weighted by Gasteiger charge is -2.06. The van der Waals surface area contributed by atoms with Crippen LogP contribution in [0.3, 0.4) is 0 Å². The molecule has 1 heterocycles. The Hall–Kier alpha value is -2.53. The average molecular weight is 298 g/mol. The minimum Gasteiger partial charge on any atom is -0.322 e. The third kappa shape index (κ3) is 3.14. The number of carbonyl (C=O) groups is 1. The number of rotatable bonds is 3. The highest BCUT2D eigenvalue weighted by Gasteiger charge is 2.07. The fourth-order valence-electron chi connectivity index (χ4n) is 1.90. The summed E-state index contributed by atoms with van der Waals surface area (Å²) in [6.45, 7) is 0. The number of carbonyl (C=O) groups excluding carboxylic acids is 1. The van der Waals surface area contributed by atoms with Crippen LogP contribution in [-0.4, -0.2) is 10.9 Å². The molecule has 0 spiro atoms. The first-order valence-corrected chi connectivity index (χ1v) is 7.17. The van der Waals surface area contributed by atoms with E-state index in [4.69, 9.17) is 0 Å². The van der Waals surface area contributed by atoms with Gasteiger partial charge in [-0.25, -0.2) is 9.37 Å². The van der Waals surface area contributed by atoms with Gasteiger partial charge in [0.1, 0.15) is 10.8 Å². The molecule has 0 aliphatic rings. The molecule has 2 aromatic carbocycles. The van der Waals surface area contributed by atoms with E-state index in [0.717, 1.165) is 10.6 Å². The van der Waals surface area contributed by atoms with E-state index in [2.05, 4.69) is 10.3 Å². The maximum absolute atomic E-state index is 12.8. The smallest absolute Gasteiger partial charge is 0.255 e. The molecular weight excluding hydrogens is 287 g/mol. The Morgan fingerprint density at radius 2 is 1.95 bits per heavy atom. The van der Waals surface area contributed by atoms with Crippen LogP contribution in [0.15, 0.2) is 60.1 Å². The summed E-state index contributed by atoms with van der Waals surface area (Å²) >= 11 is 1.54. The zero-order valence-electron chi connectivity index (χ0n) is 10.9. The topological polar surface area (TPSA) is 42.0 Å². The van der Waals surface area contributed by atoms with Gasteiger partial charge in [0, 0.05) is 28.4 Å². The molecule has 104 valence electrons. The lowest BCUT2D eigenvalue weighted by atomic mass is 10.2. The van der Waals surface area contributed by atoms with E-state index in [9.17, 15) is 9.18 Å². The first-order valence-electron chi connectivity index (χ1n) is 6.29. The average Bonchev–Trinajstić information content (AvgIpc) is 3.02. The van der Waals surface area contributed by atoms with Crippen molar-refractivity contribution < 1.29 is 9.18 Å². The quantitative estimate of drug-likeness (QED) is 0.787. The zero-order valence-corrected chi connectivity index (χ0v) is 11.7. The Kier molecular flexibility index (Phi) is 3.75. The molecule has 0 fully saturated rings. The van der Waals surface area contributed by atoms with E-state index in [0.29, 0.717) is 11.3 Å². The van der Waals surface area contributed by atoms with Crippen molar-refractivity contribution in [3.8, 4) is 10.6 Å². The van der Waals surface area contributed by atoms with Crippen LogP contribution in [0.5, 0.6) is 0 Å². The number of nitrogens with zero attached hydrogens (tertiary/aromatic N) is 1. The summed E-state index contributed by atoms with van der Waals surface area (Å²) in [7, 11) is 0. The Morgan fingerprint density at radius 3 is 2.67 bits per heavy atom. The summed E-state index contributed by atoms with van der Waals surface area (Å²) in [6.07, 6.45) is 1.74. The molecule has 1 N–H and O–H groups in total. The first kappa shape index (κ1) is 13.5. The normalized spacial score (nSPS) is 10.3. The lowest BCUT2D eigenvalue weighted by Crippen LogP contribution is -2.11. The number of nitrogens with one attached hydrogen (secondary N) is 1. The van der Waals surface area contributed by atoms with Gasteiger partial charge in [-0.3, -0.25) is 4.79 Å². The summed E-state index contributed by atoms with van der Waals surface area (Å²) in [5, 5.41) is 5.59. The van der Waals surface area contributed by atoms with Crippen LogP contribution in [0, 0.1) is 5.82 Å². The summed E-state index contributed by atoms with van der Waals surface area (Å²) in [5.41, 5.74) is 2.04. The molecule has 3 aromatic rings. The monoisotopic (exact) mass is 298 g/mol. The predicted molar refractivity (Wildman–Crippen MR) is 81.9 cm³/mol. The molecule has 21 heavy (non-hydrogen) atoms. The fourth-order valence-corrected chi connectivity index (χ4v) is 2.54. The largest absolute Gasteiger partial charge is 0.322 e. The van der Waals surface area contributed by atoms with E-state index < -0.39 is 0 Å². The molecule has 0 unspecified atom stereocenters. The SMILES string of the molecule is O=C(Nc1cccc(-c2nccs2)c1)c1ccc(F)cc1. The molecule has 0 saturated heterocycles. The Morgan fingerprint density at radius 1 is 1.14 bits per heavy atom. The number of benzene rings is 2. The molecule has 0 atom stereocenters. The number of halogens is 1. The van der Waals surface area contributed by atoms with Gasteiger partial charge < -0.3 is 5.32 Å². The number of anilines is 1. The molecule has 5 heteroatoms. The molecule has 0 aliphatic heterocycles. The Bertz CT molecular complexity index is 754. The third-order valence-corrected chi connectivity index (χ3v) is 3.73. The van der Waals surface area contributed by atoms with Gasteiger partial charge in [-0.1, -0.05) is 12.1 Å². The Balaban J connectivity index is 1.80. The number of hydrogen-bond acceptors (Lipinski definition) is 3. The minimum atomic E-state index is -0.364. The highest BCUT2D eigenvalue weighted by atomic mass is 32.1. The van der Waals surface area contributed by atoms with Crippen molar-refractivity contribution >= 4 is 22.9 Å². The van der Waals surface area contributed by atoms with Crippen molar-refractivity contribution in [3.05, 3.63) is 71.5 Å². The summed E-state index contributed by atoms with van der Waals surface area (Å²) in [5.74, 6) is -0.636. The first-order chi connectivity index (χ1) is 10.2. The second kappa shape index (κ2) is 5.85. The maximum Gasteiger partial charge on any atom is 0.255 e. The van der Waals surface area contributed by atoms with Gasteiger partial charge in [0.15, 0.2) is 0 Å². The molecule has 0 saturated carbocycles. The second-order valence-electron chi connectivity index (χ2n) is 4.38. The number of aromatic nitrogens is 1. The molecule has 0 aliphatic carbocycles. The standard InChI is InChI=1S/C16H11FN2OS/c17-13-6-4-11(5-7-13)15(20)19-14-3-1-2-12(10-14)16-18-8-9-21-16/h1-10H,(H,19,20). The van der Waals surface area contributed by atoms with Crippen LogP contribution in [0.4, 0.5) is 10.1 Å². The van der Waals surface area contributed by atoms with Crippen LogP contribution in [0.25, 0.3) is 10.6 Å². The van der Waals surface area contributed by atoms with E-state index in [1.165, 1.54) is 35.6 Å². The van der Waals surface area contributed by atoms with E-state index in [-0.39, 0.29) is 11.7 Å². The van der Waals surface area contributed by atoms with Gasteiger partial charge in [-0.2, -0.15) is 0 Å². The van der Waals surface area contributed by atoms with Gasteiger partial charge in [0.25, 0.3) is 5.91 Å². The molecule has 1 aromatic heterocycles. The number of hydrogen-bond donors (Lipinski definition) is 1. The predicted octanol–water partition coefficient (Wildman–Crippen LogP) is 4.20. The minimum absolute atomic E-state index is 0.272.